The van der Waals surface area contributed by atoms with Crippen LogP contribution in [0.3, 0.4) is 0 Å². The van der Waals surface area contributed by atoms with Gasteiger partial charge in [-0.25, -0.2) is 0 Å². The number of benzene rings is 2. The van der Waals surface area contributed by atoms with E-state index in [0.29, 0.717) is 35.7 Å². The molecule has 2 N–H and O–H groups in total. The number of para-hydroxylation sites is 1. The van der Waals surface area contributed by atoms with Crippen LogP contribution in [0.2, 0.25) is 0 Å². The summed E-state index contributed by atoms with van der Waals surface area (Å²) in [4.78, 5) is 0. The molecule has 27 heavy (non-hydrogen) atoms. The highest BCUT2D eigenvalue weighted by atomic mass is 16.5. The van der Waals surface area contributed by atoms with Gasteiger partial charge < -0.3 is 19.7 Å². The van der Waals surface area contributed by atoms with E-state index in [0.717, 1.165) is 16.7 Å². The third kappa shape index (κ3) is 2.95. The number of fused-ring (bicyclic) bond motifs is 3. The molecule has 0 bridgehead atoms. The molecule has 4 heteroatoms. The third-order valence-corrected chi connectivity index (χ3v) is 4.99. The van der Waals surface area contributed by atoms with Gasteiger partial charge in [0, 0.05) is 23.1 Å². The number of aromatic hydroxyl groups is 2. The molecule has 4 nitrogen and oxygen atoms in total. The Morgan fingerprint density at radius 2 is 1.93 bits per heavy atom. The van der Waals surface area contributed by atoms with E-state index in [4.69, 9.17) is 9.47 Å². The van der Waals surface area contributed by atoms with E-state index < -0.39 is 5.60 Å². The minimum Gasteiger partial charge on any atom is -0.507 e. The van der Waals surface area contributed by atoms with Gasteiger partial charge in [0.25, 0.3) is 0 Å². The van der Waals surface area contributed by atoms with Gasteiger partial charge in [-0.2, -0.15) is 0 Å². The Morgan fingerprint density at radius 1 is 1.15 bits per heavy atom. The third-order valence-electron chi connectivity index (χ3n) is 4.99. The Kier molecular flexibility index (Phi) is 3.95. The highest BCUT2D eigenvalue weighted by Crippen LogP contribution is 2.53. The lowest BCUT2D eigenvalue weighted by Gasteiger charge is -2.33. The van der Waals surface area contributed by atoms with Crippen molar-refractivity contribution < 1.29 is 19.7 Å². The van der Waals surface area contributed by atoms with Crippen LogP contribution in [0.1, 0.15) is 49.9 Å². The van der Waals surface area contributed by atoms with E-state index in [1.54, 1.807) is 12.1 Å². The van der Waals surface area contributed by atoms with Crippen molar-refractivity contribution in [1.29, 1.82) is 0 Å². The van der Waals surface area contributed by atoms with Gasteiger partial charge in [-0.15, -0.1) is 0 Å². The number of phenolic OH excluding ortho intramolecular Hbond substituents is 2. The van der Waals surface area contributed by atoms with Gasteiger partial charge >= 0.3 is 0 Å². The van der Waals surface area contributed by atoms with Crippen LogP contribution in [0.25, 0.3) is 6.08 Å². The van der Waals surface area contributed by atoms with Gasteiger partial charge in [-0.3, -0.25) is 0 Å². The maximum Gasteiger partial charge on any atom is 0.172 e. The standard InChI is InChI=1S/C23H24O4/c1-13(2)8-9-16-21-17(12-14-6-5-7-18(24)20(14)26-21)19(25)15-10-11-23(3,4)27-22(15)16/h5-8,10-11,24-25H,9,12H2,1-4H3. The Balaban J connectivity index is 1.96. The molecule has 0 radical (unpaired) electrons. The van der Waals surface area contributed by atoms with Crippen molar-refractivity contribution in [3.05, 3.63) is 58.2 Å². The first kappa shape index (κ1) is 17.5. The number of hydrogen-bond acceptors (Lipinski definition) is 4. The van der Waals surface area contributed by atoms with Crippen molar-refractivity contribution >= 4 is 6.08 Å². The summed E-state index contributed by atoms with van der Waals surface area (Å²) in [5.41, 5.74) is 3.89. The molecular formula is C23H24O4. The fourth-order valence-corrected chi connectivity index (χ4v) is 3.58. The van der Waals surface area contributed by atoms with Gasteiger partial charge in [0.1, 0.15) is 22.8 Å². The zero-order valence-corrected chi connectivity index (χ0v) is 16.1. The number of ether oxygens (including phenoxy) is 2. The summed E-state index contributed by atoms with van der Waals surface area (Å²) >= 11 is 0. The minimum absolute atomic E-state index is 0.102. The summed E-state index contributed by atoms with van der Waals surface area (Å²) < 4.78 is 12.4. The molecular weight excluding hydrogens is 340 g/mol. The molecule has 0 fully saturated rings. The second-order valence-corrected chi connectivity index (χ2v) is 7.95. The van der Waals surface area contributed by atoms with Crippen molar-refractivity contribution in [3.63, 3.8) is 0 Å². The second-order valence-electron chi connectivity index (χ2n) is 7.95. The van der Waals surface area contributed by atoms with E-state index in [2.05, 4.69) is 6.08 Å². The van der Waals surface area contributed by atoms with Gasteiger partial charge in [0.15, 0.2) is 11.5 Å². The molecule has 140 valence electrons. The molecule has 0 saturated carbocycles. The highest BCUT2D eigenvalue weighted by Gasteiger charge is 2.33. The van der Waals surface area contributed by atoms with Crippen molar-refractivity contribution in [2.45, 2.75) is 46.1 Å². The zero-order valence-electron chi connectivity index (χ0n) is 16.1. The molecule has 0 saturated heterocycles. The summed E-state index contributed by atoms with van der Waals surface area (Å²) in [5, 5.41) is 21.2. The van der Waals surface area contributed by atoms with E-state index in [-0.39, 0.29) is 11.5 Å². The van der Waals surface area contributed by atoms with Crippen LogP contribution in [0.4, 0.5) is 0 Å². The van der Waals surface area contributed by atoms with Crippen LogP contribution in [0.5, 0.6) is 28.7 Å². The summed E-state index contributed by atoms with van der Waals surface area (Å²) in [7, 11) is 0. The predicted octanol–water partition coefficient (Wildman–Crippen LogP) is 5.49. The van der Waals surface area contributed by atoms with Gasteiger partial charge in [-0.1, -0.05) is 23.8 Å². The largest absolute Gasteiger partial charge is 0.507 e. The van der Waals surface area contributed by atoms with Crippen LogP contribution < -0.4 is 9.47 Å². The number of phenols is 2. The number of allylic oxidation sites excluding steroid dienone is 2. The molecule has 2 aliphatic rings. The molecule has 2 aromatic rings. The molecule has 0 aliphatic carbocycles. The van der Waals surface area contributed by atoms with Crippen molar-refractivity contribution in [2.75, 3.05) is 0 Å². The summed E-state index contributed by atoms with van der Waals surface area (Å²) in [6.07, 6.45) is 7.12. The Hall–Kier alpha value is -2.88. The zero-order chi connectivity index (χ0) is 19.3. The molecule has 0 unspecified atom stereocenters. The monoisotopic (exact) mass is 364 g/mol. The molecule has 2 aliphatic heterocycles. The minimum atomic E-state index is -0.470. The van der Waals surface area contributed by atoms with Crippen molar-refractivity contribution in [3.8, 4) is 28.7 Å². The number of rotatable bonds is 2. The van der Waals surface area contributed by atoms with Crippen molar-refractivity contribution in [1.82, 2.24) is 0 Å². The lowest BCUT2D eigenvalue weighted by atomic mass is 9.89. The predicted molar refractivity (Wildman–Crippen MR) is 106 cm³/mol. The van der Waals surface area contributed by atoms with Gasteiger partial charge in [0.2, 0.25) is 0 Å². The number of hydrogen-bond donors (Lipinski definition) is 2. The SMILES string of the molecule is CC(C)=CCc1c2c(c(O)c3c1Oc1c(O)cccc1C3)C=CC(C)(C)O2. The van der Waals surface area contributed by atoms with Crippen LogP contribution >= 0.6 is 0 Å². The molecule has 0 spiro atoms. The molecule has 4 rings (SSSR count). The first-order chi connectivity index (χ1) is 12.8. The Bertz CT molecular complexity index is 992. The molecule has 2 aromatic carbocycles. The maximum atomic E-state index is 11.0. The fraction of sp³-hybridized carbons (Fsp3) is 0.304. The normalized spacial score (nSPS) is 15.7. The average molecular weight is 364 g/mol. The first-order valence-electron chi connectivity index (χ1n) is 9.18. The lowest BCUT2D eigenvalue weighted by Crippen LogP contribution is -2.28. The van der Waals surface area contributed by atoms with Crippen LogP contribution in [0, 0.1) is 0 Å². The van der Waals surface area contributed by atoms with E-state index >= 15 is 0 Å². The molecule has 0 amide bonds. The molecule has 0 aromatic heterocycles. The van der Waals surface area contributed by atoms with Crippen LogP contribution in [-0.2, 0) is 12.8 Å². The van der Waals surface area contributed by atoms with E-state index in [1.165, 1.54) is 5.57 Å². The van der Waals surface area contributed by atoms with E-state index in [1.807, 2.05) is 45.9 Å². The highest BCUT2D eigenvalue weighted by molar-refractivity contribution is 5.76. The topological polar surface area (TPSA) is 58.9 Å². The molecule has 2 heterocycles. The summed E-state index contributed by atoms with van der Waals surface area (Å²) in [6, 6.07) is 5.30. The quantitative estimate of drug-likeness (QED) is 0.591. The van der Waals surface area contributed by atoms with Crippen molar-refractivity contribution in [2.24, 2.45) is 0 Å². The lowest BCUT2D eigenvalue weighted by molar-refractivity contribution is 0.156. The second kappa shape index (κ2) is 6.08. The Morgan fingerprint density at radius 3 is 2.67 bits per heavy atom. The smallest absolute Gasteiger partial charge is 0.172 e. The summed E-state index contributed by atoms with van der Waals surface area (Å²) in [6.45, 7) is 8.06. The first-order valence-corrected chi connectivity index (χ1v) is 9.18. The van der Waals surface area contributed by atoms with E-state index in [9.17, 15) is 10.2 Å². The van der Waals surface area contributed by atoms with Crippen LogP contribution in [-0.4, -0.2) is 15.8 Å². The molecule has 0 atom stereocenters. The van der Waals surface area contributed by atoms with Crippen LogP contribution in [0.15, 0.2) is 35.9 Å². The van der Waals surface area contributed by atoms with Gasteiger partial charge in [0.05, 0.1) is 5.56 Å². The maximum absolute atomic E-state index is 11.0. The van der Waals surface area contributed by atoms with Gasteiger partial charge in [-0.05, 0) is 52.3 Å². The Labute approximate surface area is 159 Å². The average Bonchev–Trinajstić information content (AvgIpc) is 2.60. The summed E-state index contributed by atoms with van der Waals surface area (Å²) in [5.74, 6) is 1.97. The fourth-order valence-electron chi connectivity index (χ4n) is 3.58.